The molecule has 15 nitrogen and oxygen atoms in total. The quantitative estimate of drug-likeness (QED) is 0.0417. The van der Waals surface area contributed by atoms with Crippen molar-refractivity contribution in [2.45, 2.75) is 41.5 Å². The molecule has 54 heavy (non-hydrogen) atoms. The van der Waals surface area contributed by atoms with Gasteiger partial charge in [0.25, 0.3) is 0 Å². The predicted molar refractivity (Wildman–Crippen MR) is 212 cm³/mol. The van der Waals surface area contributed by atoms with Gasteiger partial charge in [-0.05, 0) is 41.5 Å². The first kappa shape index (κ1) is 48.0. The Balaban J connectivity index is 4.19. The second-order valence-electron chi connectivity index (χ2n) is 12.7. The summed E-state index contributed by atoms with van der Waals surface area (Å²) in [5.74, 6) is -3.82. The maximum absolute atomic E-state index is 12.5. The molecular formula is C36H54N3O12P3. The molecule has 0 amide bonds. The van der Waals surface area contributed by atoms with E-state index in [4.69, 9.17) is 42.0 Å². The molecule has 0 aromatic carbocycles. The molecule has 0 saturated carbocycles. The largest absolute Gasteiger partial charge is 0.462 e. The topological polar surface area (TPSA) is 195 Å². The monoisotopic (exact) mass is 813 g/mol. The molecule has 1 aliphatic heterocycles. The number of nitrogens with zero attached hydrogens (tertiary/aromatic N) is 3. The van der Waals surface area contributed by atoms with Gasteiger partial charge in [0.1, 0.15) is 0 Å². The number of ether oxygens (including phenoxy) is 6. The highest BCUT2D eigenvalue weighted by atomic mass is 31.3. The third kappa shape index (κ3) is 16.5. The normalized spacial score (nSPS) is 14.6. The zero-order valence-electron chi connectivity index (χ0n) is 32.3. The van der Waals surface area contributed by atoms with Gasteiger partial charge < -0.3 is 28.4 Å². The number of esters is 6. The van der Waals surface area contributed by atoms with Crippen LogP contribution in [0.15, 0.2) is 86.5 Å². The van der Waals surface area contributed by atoms with E-state index in [1.807, 2.05) is 0 Å². The minimum Gasteiger partial charge on any atom is -0.462 e. The molecular weight excluding hydrogens is 759 g/mol. The van der Waals surface area contributed by atoms with Crippen LogP contribution in [-0.2, 0) is 57.2 Å². The Hall–Kier alpha value is -4.05. The van der Waals surface area contributed by atoms with E-state index in [0.717, 1.165) is 0 Å². The van der Waals surface area contributed by atoms with E-state index in [9.17, 15) is 28.8 Å². The van der Waals surface area contributed by atoms with Gasteiger partial charge in [0, 0.05) is 70.4 Å². The summed E-state index contributed by atoms with van der Waals surface area (Å²) < 4.78 is 49.2. The van der Waals surface area contributed by atoms with Crippen LogP contribution in [0.25, 0.3) is 0 Å². The zero-order chi connectivity index (χ0) is 41.3. The van der Waals surface area contributed by atoms with Crippen molar-refractivity contribution in [3.8, 4) is 0 Å². The summed E-state index contributed by atoms with van der Waals surface area (Å²) in [5.41, 5.74) is 1.03. The lowest BCUT2D eigenvalue weighted by Crippen LogP contribution is -2.18. The summed E-state index contributed by atoms with van der Waals surface area (Å²) in [6, 6.07) is 0. The van der Waals surface area contributed by atoms with Gasteiger partial charge in [0.05, 0.1) is 61.3 Å². The highest BCUT2D eigenvalue weighted by Crippen LogP contribution is 2.78. The number of hydrogen-bond donors (Lipinski definition) is 0. The maximum atomic E-state index is 12.5. The minimum atomic E-state index is -3.13. The van der Waals surface area contributed by atoms with Crippen LogP contribution in [0.3, 0.4) is 0 Å². The van der Waals surface area contributed by atoms with Crippen molar-refractivity contribution in [3.63, 3.8) is 0 Å². The number of rotatable bonds is 24. The fourth-order valence-corrected chi connectivity index (χ4v) is 20.4. The average Bonchev–Trinajstić information content (AvgIpc) is 3.07. The van der Waals surface area contributed by atoms with Gasteiger partial charge in [-0.25, -0.2) is 42.3 Å². The SMILES string of the molecule is C=C(C)C(=O)OCCP1(CCOC(=O)C(=C)C)=NP(CCOC(=O)C(=C)C)(CCOC(=O)C(=C)C)=NP(CCOC(=O)C(=C)C)(CCOC(=O)C(=C)C)=N1. The lowest BCUT2D eigenvalue weighted by atomic mass is 10.4. The summed E-state index contributed by atoms with van der Waals surface area (Å²) in [6.45, 7) is 30.0. The van der Waals surface area contributed by atoms with E-state index < -0.39 is 57.4 Å². The van der Waals surface area contributed by atoms with Gasteiger partial charge in [-0.15, -0.1) is 0 Å². The Bertz CT molecular complexity index is 1430. The van der Waals surface area contributed by atoms with Crippen LogP contribution in [0.4, 0.5) is 0 Å². The van der Waals surface area contributed by atoms with E-state index in [-0.39, 0.29) is 110 Å². The smallest absolute Gasteiger partial charge is 0.333 e. The Morgan fingerprint density at radius 2 is 0.463 bits per heavy atom. The van der Waals surface area contributed by atoms with Crippen LogP contribution < -0.4 is 0 Å². The summed E-state index contributed by atoms with van der Waals surface area (Å²) >= 11 is 0. The molecule has 0 saturated heterocycles. The molecule has 1 rings (SSSR count). The first-order valence-corrected chi connectivity index (χ1v) is 23.1. The van der Waals surface area contributed by atoms with E-state index >= 15 is 0 Å². The van der Waals surface area contributed by atoms with Crippen LogP contribution in [-0.4, -0.2) is 112 Å². The first-order chi connectivity index (χ1) is 25.1. The molecule has 300 valence electrons. The van der Waals surface area contributed by atoms with Gasteiger partial charge in [0.2, 0.25) is 0 Å². The van der Waals surface area contributed by atoms with Crippen molar-refractivity contribution >= 4 is 57.4 Å². The molecule has 0 atom stereocenters. The van der Waals surface area contributed by atoms with Gasteiger partial charge in [0.15, 0.2) is 0 Å². The van der Waals surface area contributed by atoms with E-state index in [1.54, 1.807) is 0 Å². The molecule has 1 aliphatic rings. The number of carbonyl (C=O) groups is 6. The zero-order valence-corrected chi connectivity index (χ0v) is 35.0. The molecule has 18 heteroatoms. The van der Waals surface area contributed by atoms with Gasteiger partial charge in [-0.2, -0.15) is 0 Å². The molecule has 0 aromatic heterocycles. The second kappa shape index (κ2) is 22.4. The third-order valence-corrected chi connectivity index (χ3v) is 20.6. The van der Waals surface area contributed by atoms with Crippen LogP contribution in [0.1, 0.15) is 41.5 Å². The molecule has 0 unspecified atom stereocenters. The Morgan fingerprint density at radius 1 is 0.333 bits per heavy atom. The van der Waals surface area contributed by atoms with E-state index in [1.165, 1.54) is 41.5 Å². The fraction of sp³-hybridized carbons (Fsp3) is 0.500. The van der Waals surface area contributed by atoms with Crippen molar-refractivity contribution < 1.29 is 57.2 Å². The molecule has 1 heterocycles. The summed E-state index contributed by atoms with van der Waals surface area (Å²) in [6.07, 6.45) is 0.523. The van der Waals surface area contributed by atoms with Crippen LogP contribution >= 0.6 is 21.6 Å². The van der Waals surface area contributed by atoms with Crippen LogP contribution in [0, 0.1) is 0 Å². The summed E-state index contributed by atoms with van der Waals surface area (Å²) in [7, 11) is -9.39. The summed E-state index contributed by atoms with van der Waals surface area (Å²) in [5, 5.41) is 0. The third-order valence-electron chi connectivity index (χ3n) is 7.19. The molecule has 0 bridgehead atoms. The lowest BCUT2D eigenvalue weighted by molar-refractivity contribution is -0.139. The molecule has 0 N–H and O–H groups in total. The average molecular weight is 814 g/mol. The maximum Gasteiger partial charge on any atom is 0.333 e. The second-order valence-corrected chi connectivity index (χ2v) is 22.8. The minimum absolute atomic E-state index is 0.0872. The van der Waals surface area contributed by atoms with Crippen molar-refractivity contribution in [2.75, 3.05) is 76.6 Å². The lowest BCUT2D eigenvalue weighted by Gasteiger charge is -2.37. The first-order valence-electron chi connectivity index (χ1n) is 16.9. The van der Waals surface area contributed by atoms with Crippen LogP contribution in [0.2, 0.25) is 0 Å². The van der Waals surface area contributed by atoms with Crippen molar-refractivity contribution in [1.82, 2.24) is 0 Å². The van der Waals surface area contributed by atoms with Gasteiger partial charge in [-0.3, -0.25) is 0 Å². The number of hydrogen-bond acceptors (Lipinski definition) is 15. The molecule has 0 radical (unpaired) electrons. The van der Waals surface area contributed by atoms with E-state index in [0.29, 0.717) is 0 Å². The Kier molecular flexibility index (Phi) is 19.9. The molecule has 0 aliphatic carbocycles. The highest BCUT2D eigenvalue weighted by Gasteiger charge is 2.38. The fourth-order valence-electron chi connectivity index (χ4n) is 4.30. The highest BCUT2D eigenvalue weighted by molar-refractivity contribution is 7.87. The molecule has 0 spiro atoms. The molecule has 0 aromatic rings. The number of carbonyl (C=O) groups excluding carboxylic acids is 6. The Morgan fingerprint density at radius 3 is 0.574 bits per heavy atom. The predicted octanol–water partition coefficient (Wildman–Crippen LogP) is 7.06. The van der Waals surface area contributed by atoms with Crippen molar-refractivity contribution in [1.29, 1.82) is 0 Å². The Labute approximate surface area is 318 Å². The van der Waals surface area contributed by atoms with Gasteiger partial charge >= 0.3 is 35.8 Å². The van der Waals surface area contributed by atoms with Crippen LogP contribution in [0.5, 0.6) is 0 Å². The summed E-state index contributed by atoms with van der Waals surface area (Å²) in [4.78, 5) is 74.9. The van der Waals surface area contributed by atoms with Crippen molar-refractivity contribution in [3.05, 3.63) is 72.9 Å². The standard InChI is InChI=1S/C36H54N3O12P3/c1-25(2)31(40)46-13-19-52(20-14-47-32(41)26(3)4)37-53(21-15-48-33(42)27(5)6,22-16-49-34(43)28(7)8)39-54(38-52,23-17-50-35(44)29(9)10)24-18-51-36(45)30(11)12/h1,3,5,7,9,11,13-24H2,2,4,6,8,10,12H3. The van der Waals surface area contributed by atoms with Crippen molar-refractivity contribution in [2.24, 2.45) is 13.5 Å². The van der Waals surface area contributed by atoms with Gasteiger partial charge in [-0.1, -0.05) is 39.5 Å². The van der Waals surface area contributed by atoms with E-state index in [2.05, 4.69) is 39.5 Å². The molecule has 0 fully saturated rings.